The molecule has 0 heterocycles. The minimum atomic E-state index is -4.95. The number of hydrogen-bond donors (Lipinski definition) is 3. The summed E-state index contributed by atoms with van der Waals surface area (Å²) < 4.78 is 68.3. The maximum atomic E-state index is 13.0. The lowest BCUT2D eigenvalue weighted by molar-refractivity contribution is -0.161. The van der Waals surface area contributed by atoms with Crippen LogP contribution in [-0.4, -0.2) is 96.7 Å². The van der Waals surface area contributed by atoms with Crippen LogP contribution in [0.15, 0.2) is 0 Å². The van der Waals surface area contributed by atoms with E-state index in [4.69, 9.17) is 37.0 Å². The zero-order chi connectivity index (χ0) is 66.5. The molecule has 0 saturated carbocycles. The number of unbranched alkanes of at least 4 members (excludes halogenated alkanes) is 40. The Hall–Kier alpha value is -1.94. The van der Waals surface area contributed by atoms with E-state index < -0.39 is 97.5 Å². The van der Waals surface area contributed by atoms with Crippen molar-refractivity contribution >= 4 is 39.5 Å². The Morgan fingerprint density at radius 1 is 0.300 bits per heavy atom. The van der Waals surface area contributed by atoms with Gasteiger partial charge in [0.2, 0.25) is 0 Å². The number of aliphatic hydroxyl groups excluding tert-OH is 1. The Balaban J connectivity index is 5.24. The highest BCUT2D eigenvalue weighted by Crippen LogP contribution is 2.45. The molecule has 0 spiro atoms. The lowest BCUT2D eigenvalue weighted by Crippen LogP contribution is -2.30. The van der Waals surface area contributed by atoms with E-state index in [1.165, 1.54) is 173 Å². The molecule has 0 radical (unpaired) electrons. The maximum absolute atomic E-state index is 13.0. The van der Waals surface area contributed by atoms with Gasteiger partial charge < -0.3 is 33.8 Å². The number of hydrogen-bond acceptors (Lipinski definition) is 15. The Labute approximate surface area is 549 Å². The highest BCUT2D eigenvalue weighted by atomic mass is 31.2. The third-order valence-corrected chi connectivity index (χ3v) is 18.4. The summed E-state index contributed by atoms with van der Waals surface area (Å²) in [6.07, 6.45) is 48.6. The summed E-state index contributed by atoms with van der Waals surface area (Å²) in [7, 11) is -9.90. The molecule has 5 atom stereocenters. The van der Waals surface area contributed by atoms with E-state index in [1.807, 2.05) is 0 Å². The summed E-state index contributed by atoms with van der Waals surface area (Å²) in [5, 5.41) is 10.6. The van der Waals surface area contributed by atoms with Crippen LogP contribution in [-0.2, 0) is 65.4 Å². The maximum Gasteiger partial charge on any atom is 0.472 e. The van der Waals surface area contributed by atoms with Gasteiger partial charge in [0.05, 0.1) is 26.4 Å². The predicted octanol–water partition coefficient (Wildman–Crippen LogP) is 20.4. The average molecular weight is 1330 g/mol. The Bertz CT molecular complexity index is 1750. The topological polar surface area (TPSA) is 237 Å². The molecule has 2 unspecified atom stereocenters. The largest absolute Gasteiger partial charge is 0.472 e. The van der Waals surface area contributed by atoms with Crippen molar-refractivity contribution in [2.45, 2.75) is 381 Å². The van der Waals surface area contributed by atoms with Crippen molar-refractivity contribution in [1.29, 1.82) is 0 Å². The van der Waals surface area contributed by atoms with Crippen LogP contribution in [0.4, 0.5) is 0 Å². The molecule has 0 bridgehead atoms. The zero-order valence-corrected chi connectivity index (χ0v) is 60.2. The van der Waals surface area contributed by atoms with Crippen molar-refractivity contribution in [1.82, 2.24) is 0 Å². The second-order valence-electron chi connectivity index (χ2n) is 26.6. The molecule has 534 valence electrons. The molecule has 0 fully saturated rings. The second-order valence-corrected chi connectivity index (χ2v) is 29.5. The summed E-state index contributed by atoms with van der Waals surface area (Å²) in [6.45, 7) is 9.49. The molecule has 0 rings (SSSR count). The molecular weight excluding hydrogens is 1190 g/mol. The van der Waals surface area contributed by atoms with Gasteiger partial charge in [-0.3, -0.25) is 37.3 Å². The second kappa shape index (κ2) is 63.1. The lowest BCUT2D eigenvalue weighted by atomic mass is 10.0. The summed E-state index contributed by atoms with van der Waals surface area (Å²) >= 11 is 0. The predicted molar refractivity (Wildman–Crippen MR) is 363 cm³/mol. The SMILES string of the molecule is CCCCCCCCCCCCCCCC(=O)OC[C@H](COP(=O)(O)OC[C@@H](O)COP(=O)(O)OC[C@@H](COC(=O)CCCCCCCCC(C)C)OC(=O)CCCCCCCCCCCCCCC)OC(=O)CCCCCCCCCCCCCCC(C)C. The molecule has 0 aliphatic heterocycles. The van der Waals surface area contributed by atoms with E-state index in [-0.39, 0.29) is 25.7 Å². The average Bonchev–Trinajstić information content (AvgIpc) is 2.81. The van der Waals surface area contributed by atoms with Crippen LogP contribution in [0.25, 0.3) is 0 Å². The first kappa shape index (κ1) is 88.1. The summed E-state index contributed by atoms with van der Waals surface area (Å²) in [6, 6.07) is 0. The van der Waals surface area contributed by atoms with Gasteiger partial charge in [0.25, 0.3) is 0 Å². The zero-order valence-electron chi connectivity index (χ0n) is 58.4. The van der Waals surface area contributed by atoms with Crippen LogP contribution >= 0.6 is 15.6 Å². The molecule has 0 aromatic heterocycles. The van der Waals surface area contributed by atoms with Crippen LogP contribution in [0.1, 0.15) is 363 Å². The fraction of sp³-hybridized carbons (Fsp3) is 0.944. The van der Waals surface area contributed by atoms with Crippen molar-refractivity contribution in [3.05, 3.63) is 0 Å². The van der Waals surface area contributed by atoms with E-state index >= 15 is 0 Å². The molecule has 3 N–H and O–H groups in total. The van der Waals surface area contributed by atoms with E-state index in [0.29, 0.717) is 31.6 Å². The van der Waals surface area contributed by atoms with Gasteiger partial charge in [-0.15, -0.1) is 0 Å². The van der Waals surface area contributed by atoms with Gasteiger partial charge in [-0.1, -0.05) is 311 Å². The molecule has 90 heavy (non-hydrogen) atoms. The molecular formula is C71H138O17P2. The van der Waals surface area contributed by atoms with Crippen LogP contribution in [0, 0.1) is 11.8 Å². The number of phosphoric acid groups is 2. The fourth-order valence-electron chi connectivity index (χ4n) is 10.8. The third-order valence-electron chi connectivity index (χ3n) is 16.5. The Morgan fingerprint density at radius 2 is 0.511 bits per heavy atom. The van der Waals surface area contributed by atoms with Crippen molar-refractivity contribution < 1.29 is 80.2 Å². The molecule has 17 nitrogen and oxygen atoms in total. The normalized spacial score (nSPS) is 14.1. The van der Waals surface area contributed by atoms with Crippen LogP contribution in [0.3, 0.4) is 0 Å². The van der Waals surface area contributed by atoms with Crippen molar-refractivity contribution in [2.75, 3.05) is 39.6 Å². The first-order valence-corrected chi connectivity index (χ1v) is 40.0. The van der Waals surface area contributed by atoms with Crippen LogP contribution < -0.4 is 0 Å². The number of ether oxygens (including phenoxy) is 4. The highest BCUT2D eigenvalue weighted by molar-refractivity contribution is 7.47. The molecule has 0 aromatic carbocycles. The molecule has 0 saturated heterocycles. The monoisotopic (exact) mass is 1320 g/mol. The fourth-order valence-corrected chi connectivity index (χ4v) is 12.3. The Morgan fingerprint density at radius 3 is 0.756 bits per heavy atom. The lowest BCUT2D eigenvalue weighted by Gasteiger charge is -2.21. The summed E-state index contributed by atoms with van der Waals surface area (Å²) in [4.78, 5) is 72.6. The van der Waals surface area contributed by atoms with Gasteiger partial charge in [-0.25, -0.2) is 9.13 Å². The number of aliphatic hydroxyl groups is 1. The molecule has 0 aliphatic carbocycles. The first-order chi connectivity index (χ1) is 43.4. The first-order valence-electron chi connectivity index (χ1n) is 37.0. The number of esters is 4. The third kappa shape index (κ3) is 64.8. The quantitative estimate of drug-likeness (QED) is 0.0222. The molecule has 19 heteroatoms. The Kier molecular flexibility index (Phi) is 61.8. The summed E-state index contributed by atoms with van der Waals surface area (Å²) in [5.74, 6) is -0.666. The number of carbonyl (C=O) groups is 4. The van der Waals surface area contributed by atoms with Gasteiger partial charge in [0, 0.05) is 25.7 Å². The minimum absolute atomic E-state index is 0.107. The number of carbonyl (C=O) groups excluding carboxylic acids is 4. The minimum Gasteiger partial charge on any atom is -0.462 e. The van der Waals surface area contributed by atoms with E-state index in [0.717, 1.165) is 102 Å². The van der Waals surface area contributed by atoms with Gasteiger partial charge in [-0.2, -0.15) is 0 Å². The number of rotatable bonds is 70. The van der Waals surface area contributed by atoms with Gasteiger partial charge in [-0.05, 0) is 37.5 Å². The highest BCUT2D eigenvalue weighted by Gasteiger charge is 2.30. The van der Waals surface area contributed by atoms with E-state index in [1.54, 1.807) is 0 Å². The molecule has 0 aliphatic rings. The van der Waals surface area contributed by atoms with Crippen molar-refractivity contribution in [3.63, 3.8) is 0 Å². The number of phosphoric ester groups is 2. The van der Waals surface area contributed by atoms with Crippen molar-refractivity contribution in [2.24, 2.45) is 11.8 Å². The van der Waals surface area contributed by atoms with Crippen molar-refractivity contribution in [3.8, 4) is 0 Å². The van der Waals surface area contributed by atoms with Crippen LogP contribution in [0.2, 0.25) is 0 Å². The van der Waals surface area contributed by atoms with E-state index in [9.17, 15) is 43.2 Å². The smallest absolute Gasteiger partial charge is 0.462 e. The molecule has 0 aromatic rings. The molecule has 0 amide bonds. The van der Waals surface area contributed by atoms with Gasteiger partial charge >= 0.3 is 39.5 Å². The van der Waals surface area contributed by atoms with Gasteiger partial charge in [0.15, 0.2) is 12.2 Å². The standard InChI is InChI=1S/C71H138O17P2/c1-7-9-11-13-15-17-19-21-26-30-34-41-47-53-68(73)81-59-66(87-70(75)56-50-44-36-32-28-24-23-25-29-33-39-45-51-63(3)4)61-85-89(77,78)83-57-65(72)58-84-90(79,80)86-62-67(60-82-69(74)54-48-42-38-37-40-46-52-64(5)6)88-71(76)55-49-43-35-31-27-22-20-18-16-14-12-10-8-2/h63-67,72H,7-62H2,1-6H3,(H,77,78)(H,79,80)/t65-,66-,67-/m1/s1. The summed E-state index contributed by atoms with van der Waals surface area (Å²) in [5.41, 5.74) is 0. The van der Waals surface area contributed by atoms with Gasteiger partial charge in [0.1, 0.15) is 19.3 Å². The van der Waals surface area contributed by atoms with E-state index in [2.05, 4.69) is 41.5 Å². The van der Waals surface area contributed by atoms with Crippen LogP contribution in [0.5, 0.6) is 0 Å².